The zero-order valence-corrected chi connectivity index (χ0v) is 18.9. The first-order valence-corrected chi connectivity index (χ1v) is 11.6. The molecule has 2 amide bonds. The summed E-state index contributed by atoms with van der Waals surface area (Å²) in [6, 6.07) is 15.2. The Labute approximate surface area is 190 Å². The Bertz CT molecular complexity index is 909. The van der Waals surface area contributed by atoms with Gasteiger partial charge in [-0.25, -0.2) is 4.39 Å². The third-order valence-electron chi connectivity index (χ3n) is 5.97. The molecular weight excluding hydrogens is 403 g/mol. The molecule has 0 saturated heterocycles. The Kier molecular flexibility index (Phi) is 9.02. The second kappa shape index (κ2) is 12.2. The average molecular weight is 437 g/mol. The van der Waals surface area contributed by atoms with Crippen LogP contribution in [0.15, 0.2) is 66.2 Å². The summed E-state index contributed by atoms with van der Waals surface area (Å²) < 4.78 is 13.4. The lowest BCUT2D eigenvalue weighted by atomic mass is 9.97. The van der Waals surface area contributed by atoms with Gasteiger partial charge in [0, 0.05) is 25.9 Å². The van der Waals surface area contributed by atoms with Crippen molar-refractivity contribution in [2.45, 2.75) is 64.5 Å². The number of allylic oxidation sites excluding steroid dienone is 1. The van der Waals surface area contributed by atoms with E-state index in [9.17, 15) is 14.0 Å². The minimum atomic E-state index is -0.629. The number of carbonyl (C=O) groups excluding carboxylic acids is 2. The van der Waals surface area contributed by atoms with Gasteiger partial charge < -0.3 is 10.2 Å². The normalized spacial score (nSPS) is 14.4. The molecular formula is C27H33FN2O2. The van der Waals surface area contributed by atoms with Crippen LogP contribution in [0.4, 0.5) is 4.39 Å². The van der Waals surface area contributed by atoms with Crippen molar-refractivity contribution in [3.8, 4) is 0 Å². The molecule has 1 atom stereocenters. The summed E-state index contributed by atoms with van der Waals surface area (Å²) in [6.45, 7) is 2.64. The monoisotopic (exact) mass is 436 g/mol. The van der Waals surface area contributed by atoms with Gasteiger partial charge in [0.25, 0.3) is 0 Å². The molecule has 0 heterocycles. The van der Waals surface area contributed by atoms with Crippen molar-refractivity contribution >= 4 is 11.8 Å². The number of nitrogens with zero attached hydrogens (tertiary/aromatic N) is 1. The van der Waals surface area contributed by atoms with Crippen molar-refractivity contribution < 1.29 is 14.0 Å². The molecule has 0 aromatic heterocycles. The number of hydrogen-bond donors (Lipinski definition) is 1. The Morgan fingerprint density at radius 2 is 1.78 bits per heavy atom. The molecule has 0 bridgehead atoms. The van der Waals surface area contributed by atoms with Crippen LogP contribution in [0.3, 0.4) is 0 Å². The van der Waals surface area contributed by atoms with E-state index in [0.717, 1.165) is 30.4 Å². The van der Waals surface area contributed by atoms with Gasteiger partial charge in [0.1, 0.15) is 11.9 Å². The lowest BCUT2D eigenvalue weighted by Gasteiger charge is -2.31. The molecule has 1 N–H and O–H groups in total. The van der Waals surface area contributed by atoms with E-state index in [4.69, 9.17) is 0 Å². The van der Waals surface area contributed by atoms with E-state index in [2.05, 4.69) is 11.4 Å². The number of carbonyl (C=O) groups is 2. The van der Waals surface area contributed by atoms with Crippen LogP contribution in [0.5, 0.6) is 0 Å². The summed E-state index contributed by atoms with van der Waals surface area (Å²) in [5.41, 5.74) is 3.20. The van der Waals surface area contributed by atoms with Crippen molar-refractivity contribution in [2.75, 3.05) is 6.54 Å². The first-order valence-electron chi connectivity index (χ1n) is 11.6. The van der Waals surface area contributed by atoms with Crippen molar-refractivity contribution in [3.63, 3.8) is 0 Å². The van der Waals surface area contributed by atoms with E-state index in [0.29, 0.717) is 19.4 Å². The number of amides is 2. The van der Waals surface area contributed by atoms with Gasteiger partial charge in [-0.15, -0.1) is 0 Å². The van der Waals surface area contributed by atoms with E-state index in [-0.39, 0.29) is 24.2 Å². The highest BCUT2D eigenvalue weighted by atomic mass is 19.1. The zero-order valence-electron chi connectivity index (χ0n) is 18.9. The Morgan fingerprint density at radius 3 is 2.44 bits per heavy atom. The SMILES string of the molecule is CCC(=O)N(Cc1ccc(F)cc1)C(Cc1ccccc1)C(=O)NCCC1=CCCCC1. The van der Waals surface area contributed by atoms with E-state index >= 15 is 0 Å². The topological polar surface area (TPSA) is 49.4 Å². The number of nitrogens with one attached hydrogen (secondary N) is 1. The van der Waals surface area contributed by atoms with Crippen LogP contribution in [0, 0.1) is 5.82 Å². The summed E-state index contributed by atoms with van der Waals surface area (Å²) in [6.07, 6.45) is 8.56. The van der Waals surface area contributed by atoms with Crippen molar-refractivity contribution in [3.05, 3.63) is 83.2 Å². The van der Waals surface area contributed by atoms with Gasteiger partial charge in [0.2, 0.25) is 11.8 Å². The standard InChI is InChI=1S/C27H33FN2O2/c1-2-26(31)30(20-23-13-15-24(28)16-14-23)25(19-22-11-7-4-8-12-22)27(32)29-18-17-21-9-5-3-6-10-21/h4,7-9,11-16,25H,2-3,5-6,10,17-20H2,1H3,(H,29,32). The largest absolute Gasteiger partial charge is 0.354 e. The molecule has 170 valence electrons. The lowest BCUT2D eigenvalue weighted by molar-refractivity contribution is -0.141. The maximum atomic E-state index is 13.4. The van der Waals surface area contributed by atoms with Gasteiger partial charge in [-0.05, 0) is 55.4 Å². The second-order valence-electron chi connectivity index (χ2n) is 8.36. The molecule has 2 aromatic rings. The third-order valence-corrected chi connectivity index (χ3v) is 5.97. The number of benzene rings is 2. The van der Waals surface area contributed by atoms with Gasteiger partial charge in [-0.3, -0.25) is 9.59 Å². The molecule has 0 spiro atoms. The van der Waals surface area contributed by atoms with Gasteiger partial charge >= 0.3 is 0 Å². The molecule has 0 radical (unpaired) electrons. The van der Waals surface area contributed by atoms with Crippen LogP contribution in [0.1, 0.15) is 56.6 Å². The molecule has 3 rings (SSSR count). The Morgan fingerprint density at radius 1 is 1.03 bits per heavy atom. The van der Waals surface area contributed by atoms with Crippen LogP contribution in [-0.4, -0.2) is 29.3 Å². The van der Waals surface area contributed by atoms with E-state index < -0.39 is 6.04 Å². The minimum absolute atomic E-state index is 0.0969. The Hall–Kier alpha value is -2.95. The number of hydrogen-bond acceptors (Lipinski definition) is 2. The highest BCUT2D eigenvalue weighted by Crippen LogP contribution is 2.20. The van der Waals surface area contributed by atoms with E-state index in [1.807, 2.05) is 30.3 Å². The third kappa shape index (κ3) is 7.04. The van der Waals surface area contributed by atoms with Crippen LogP contribution in [0.2, 0.25) is 0 Å². The van der Waals surface area contributed by atoms with Gasteiger partial charge in [0.05, 0.1) is 0 Å². The minimum Gasteiger partial charge on any atom is -0.354 e. The van der Waals surface area contributed by atoms with Gasteiger partial charge in [-0.2, -0.15) is 0 Å². The number of halogens is 1. The molecule has 1 unspecified atom stereocenters. The van der Waals surface area contributed by atoms with E-state index in [1.165, 1.54) is 30.5 Å². The van der Waals surface area contributed by atoms with Crippen molar-refractivity contribution in [1.29, 1.82) is 0 Å². The maximum Gasteiger partial charge on any atom is 0.243 e. The fourth-order valence-corrected chi connectivity index (χ4v) is 4.14. The first kappa shape index (κ1) is 23.7. The van der Waals surface area contributed by atoms with E-state index in [1.54, 1.807) is 24.0 Å². The van der Waals surface area contributed by atoms with Crippen LogP contribution in [0.25, 0.3) is 0 Å². The fourth-order valence-electron chi connectivity index (χ4n) is 4.14. The molecule has 5 heteroatoms. The smallest absolute Gasteiger partial charge is 0.243 e. The molecule has 4 nitrogen and oxygen atoms in total. The van der Waals surface area contributed by atoms with Crippen LogP contribution >= 0.6 is 0 Å². The molecule has 0 saturated carbocycles. The first-order chi connectivity index (χ1) is 15.6. The molecule has 1 aliphatic rings. The highest BCUT2D eigenvalue weighted by molar-refractivity contribution is 5.88. The summed E-state index contributed by atoms with van der Waals surface area (Å²) in [4.78, 5) is 27.8. The second-order valence-corrected chi connectivity index (χ2v) is 8.36. The molecule has 2 aromatic carbocycles. The summed E-state index contributed by atoms with van der Waals surface area (Å²) in [7, 11) is 0. The van der Waals surface area contributed by atoms with Crippen molar-refractivity contribution in [2.24, 2.45) is 0 Å². The van der Waals surface area contributed by atoms with Crippen molar-refractivity contribution in [1.82, 2.24) is 10.2 Å². The molecule has 1 aliphatic carbocycles. The van der Waals surface area contributed by atoms with Crippen LogP contribution in [-0.2, 0) is 22.6 Å². The molecule has 32 heavy (non-hydrogen) atoms. The summed E-state index contributed by atoms with van der Waals surface area (Å²) in [5.74, 6) is -0.563. The Balaban J connectivity index is 1.77. The highest BCUT2D eigenvalue weighted by Gasteiger charge is 2.29. The zero-order chi connectivity index (χ0) is 22.8. The molecule has 0 fully saturated rings. The lowest BCUT2D eigenvalue weighted by Crippen LogP contribution is -2.50. The quantitative estimate of drug-likeness (QED) is 0.522. The predicted octanol–water partition coefficient (Wildman–Crippen LogP) is 5.18. The summed E-state index contributed by atoms with van der Waals surface area (Å²) in [5, 5.41) is 3.07. The molecule has 0 aliphatic heterocycles. The van der Waals surface area contributed by atoms with Gasteiger partial charge in [-0.1, -0.05) is 61.0 Å². The van der Waals surface area contributed by atoms with Gasteiger partial charge in [0.15, 0.2) is 0 Å². The summed E-state index contributed by atoms with van der Waals surface area (Å²) >= 11 is 0. The fraction of sp³-hybridized carbons (Fsp3) is 0.407. The predicted molar refractivity (Wildman–Crippen MR) is 125 cm³/mol. The maximum absolute atomic E-state index is 13.4. The average Bonchev–Trinajstić information content (AvgIpc) is 2.83. The van der Waals surface area contributed by atoms with Crippen LogP contribution < -0.4 is 5.32 Å². The number of rotatable bonds is 10.